The highest BCUT2D eigenvalue weighted by Gasteiger charge is 2.24. The summed E-state index contributed by atoms with van der Waals surface area (Å²) in [6.07, 6.45) is 0.741. The number of amides is 2. The van der Waals surface area contributed by atoms with E-state index in [1.807, 2.05) is 12.1 Å². The molecule has 132 valence electrons. The Hall–Kier alpha value is -3.17. The van der Waals surface area contributed by atoms with Crippen molar-refractivity contribution in [1.82, 2.24) is 4.90 Å². The summed E-state index contributed by atoms with van der Waals surface area (Å²) in [7, 11) is 1.62. The summed E-state index contributed by atoms with van der Waals surface area (Å²) >= 11 is 0. The van der Waals surface area contributed by atoms with Gasteiger partial charge in [-0.3, -0.25) is 9.59 Å². The number of anilines is 1. The largest absolute Gasteiger partial charge is 0.383 e. The molecule has 0 radical (unpaired) electrons. The number of nitrogens with one attached hydrogen (secondary N) is 1. The first-order chi connectivity index (χ1) is 12.6. The summed E-state index contributed by atoms with van der Waals surface area (Å²) in [6, 6.07) is 13.8. The van der Waals surface area contributed by atoms with E-state index < -0.39 is 0 Å². The maximum atomic E-state index is 12.5. The number of nitrogens with zero attached hydrogens (tertiary/aromatic N) is 2. The second-order valence-electron chi connectivity index (χ2n) is 6.05. The standard InChI is InChI=1S/C20H19N3O3/c1-26-11-10-23-9-8-16-12-17(6-7-18(16)20(23)25)22-19(24)15-4-2-14(13-21)3-5-15/h2-7,12H,8-11H2,1H3,(H,22,24). The third-order valence-electron chi connectivity index (χ3n) is 4.37. The molecule has 1 aliphatic rings. The maximum absolute atomic E-state index is 12.5. The molecule has 3 rings (SSSR count). The lowest BCUT2D eigenvalue weighted by molar-refractivity contribution is 0.0679. The van der Waals surface area contributed by atoms with Gasteiger partial charge in [-0.25, -0.2) is 0 Å². The fourth-order valence-corrected chi connectivity index (χ4v) is 2.93. The van der Waals surface area contributed by atoms with Gasteiger partial charge in [0.15, 0.2) is 0 Å². The zero-order valence-electron chi connectivity index (χ0n) is 14.5. The number of nitriles is 1. The minimum absolute atomic E-state index is 0.00623. The zero-order valence-corrected chi connectivity index (χ0v) is 14.5. The molecule has 0 aromatic heterocycles. The molecule has 6 heteroatoms. The topological polar surface area (TPSA) is 82.4 Å². The van der Waals surface area contributed by atoms with Gasteiger partial charge in [-0.2, -0.15) is 5.26 Å². The van der Waals surface area contributed by atoms with Gasteiger partial charge in [0.1, 0.15) is 0 Å². The Morgan fingerprint density at radius 3 is 2.73 bits per heavy atom. The SMILES string of the molecule is COCCN1CCc2cc(NC(=O)c3ccc(C#N)cc3)ccc2C1=O. The molecule has 0 bridgehead atoms. The molecule has 0 spiro atoms. The summed E-state index contributed by atoms with van der Waals surface area (Å²) in [4.78, 5) is 26.6. The maximum Gasteiger partial charge on any atom is 0.255 e. The first kappa shape index (κ1) is 17.6. The van der Waals surface area contributed by atoms with Crippen LogP contribution in [0, 0.1) is 11.3 Å². The van der Waals surface area contributed by atoms with E-state index in [9.17, 15) is 9.59 Å². The number of hydrogen-bond acceptors (Lipinski definition) is 4. The molecule has 1 aliphatic heterocycles. The van der Waals surface area contributed by atoms with Crippen LogP contribution in [0.2, 0.25) is 0 Å². The van der Waals surface area contributed by atoms with Crippen LogP contribution in [-0.4, -0.2) is 43.5 Å². The fraction of sp³-hybridized carbons (Fsp3) is 0.250. The smallest absolute Gasteiger partial charge is 0.255 e. The third-order valence-corrected chi connectivity index (χ3v) is 4.37. The molecule has 26 heavy (non-hydrogen) atoms. The van der Waals surface area contributed by atoms with E-state index in [0.29, 0.717) is 42.1 Å². The molecule has 2 aromatic rings. The molecule has 2 aromatic carbocycles. The van der Waals surface area contributed by atoms with Crippen molar-refractivity contribution in [3.63, 3.8) is 0 Å². The zero-order chi connectivity index (χ0) is 18.5. The van der Waals surface area contributed by atoms with Crippen molar-refractivity contribution in [3.8, 4) is 6.07 Å². The van der Waals surface area contributed by atoms with Crippen LogP contribution in [0.3, 0.4) is 0 Å². The van der Waals surface area contributed by atoms with Crippen molar-refractivity contribution in [2.24, 2.45) is 0 Å². The monoisotopic (exact) mass is 349 g/mol. The van der Waals surface area contributed by atoms with Crippen LogP contribution < -0.4 is 5.32 Å². The summed E-state index contributed by atoms with van der Waals surface area (Å²) < 4.78 is 5.04. The number of benzene rings is 2. The molecule has 0 atom stereocenters. The Labute approximate surface area is 152 Å². The highest BCUT2D eigenvalue weighted by atomic mass is 16.5. The number of carbonyl (C=O) groups is 2. The van der Waals surface area contributed by atoms with Gasteiger partial charge in [-0.05, 0) is 54.4 Å². The average molecular weight is 349 g/mol. The molecule has 1 N–H and O–H groups in total. The normalized spacial score (nSPS) is 13.1. The van der Waals surface area contributed by atoms with Crippen LogP contribution in [0.15, 0.2) is 42.5 Å². The Morgan fingerprint density at radius 1 is 1.27 bits per heavy atom. The predicted molar refractivity (Wildman–Crippen MR) is 97.0 cm³/mol. The second-order valence-corrected chi connectivity index (χ2v) is 6.05. The lowest BCUT2D eigenvalue weighted by atomic mass is 9.98. The van der Waals surface area contributed by atoms with Gasteiger partial charge in [0.2, 0.25) is 0 Å². The molecule has 2 amide bonds. The predicted octanol–water partition coefficient (Wildman–Crippen LogP) is 2.46. The van der Waals surface area contributed by atoms with Gasteiger partial charge in [0, 0.05) is 37.0 Å². The number of ether oxygens (including phenoxy) is 1. The van der Waals surface area contributed by atoms with Gasteiger partial charge in [-0.15, -0.1) is 0 Å². The van der Waals surface area contributed by atoms with E-state index in [0.717, 1.165) is 12.0 Å². The van der Waals surface area contributed by atoms with Gasteiger partial charge in [0.05, 0.1) is 18.2 Å². The number of fused-ring (bicyclic) bond motifs is 1. The fourth-order valence-electron chi connectivity index (χ4n) is 2.93. The minimum atomic E-state index is -0.252. The number of carbonyl (C=O) groups excluding carboxylic acids is 2. The van der Waals surface area contributed by atoms with Gasteiger partial charge < -0.3 is 15.0 Å². The van der Waals surface area contributed by atoms with Crippen molar-refractivity contribution >= 4 is 17.5 Å². The van der Waals surface area contributed by atoms with Crippen LogP contribution in [0.25, 0.3) is 0 Å². The Balaban J connectivity index is 1.72. The van der Waals surface area contributed by atoms with Crippen LogP contribution in [-0.2, 0) is 11.2 Å². The second kappa shape index (κ2) is 7.81. The van der Waals surface area contributed by atoms with E-state index >= 15 is 0 Å². The van der Waals surface area contributed by atoms with Crippen molar-refractivity contribution in [2.45, 2.75) is 6.42 Å². The highest BCUT2D eigenvalue weighted by Crippen LogP contribution is 2.23. The van der Waals surface area contributed by atoms with Crippen molar-refractivity contribution in [2.75, 3.05) is 32.1 Å². The first-order valence-electron chi connectivity index (χ1n) is 8.35. The van der Waals surface area contributed by atoms with Crippen LogP contribution in [0.4, 0.5) is 5.69 Å². The van der Waals surface area contributed by atoms with E-state index in [4.69, 9.17) is 10.00 Å². The van der Waals surface area contributed by atoms with Crippen LogP contribution in [0.5, 0.6) is 0 Å². The number of methoxy groups -OCH3 is 1. The Morgan fingerprint density at radius 2 is 2.04 bits per heavy atom. The Kier molecular flexibility index (Phi) is 5.30. The van der Waals surface area contributed by atoms with Crippen LogP contribution >= 0.6 is 0 Å². The summed E-state index contributed by atoms with van der Waals surface area (Å²) in [5, 5.41) is 11.7. The summed E-state index contributed by atoms with van der Waals surface area (Å²) in [5.74, 6) is -0.258. The Bertz CT molecular complexity index is 869. The summed E-state index contributed by atoms with van der Waals surface area (Å²) in [5.41, 5.74) is 3.23. The van der Waals surface area contributed by atoms with Gasteiger partial charge in [0.25, 0.3) is 11.8 Å². The van der Waals surface area contributed by atoms with Crippen molar-refractivity contribution in [3.05, 3.63) is 64.7 Å². The van der Waals surface area contributed by atoms with E-state index in [-0.39, 0.29) is 11.8 Å². The van der Waals surface area contributed by atoms with E-state index in [1.165, 1.54) is 0 Å². The lowest BCUT2D eigenvalue weighted by Gasteiger charge is -2.28. The molecule has 0 unspecified atom stereocenters. The molecular formula is C20H19N3O3. The molecule has 6 nitrogen and oxygen atoms in total. The molecular weight excluding hydrogens is 330 g/mol. The molecule has 0 fully saturated rings. The molecule has 0 saturated carbocycles. The number of rotatable bonds is 5. The average Bonchev–Trinajstić information content (AvgIpc) is 2.67. The quantitative estimate of drug-likeness (QED) is 0.899. The third kappa shape index (κ3) is 3.73. The van der Waals surface area contributed by atoms with E-state index in [2.05, 4.69) is 5.32 Å². The highest BCUT2D eigenvalue weighted by molar-refractivity contribution is 6.05. The van der Waals surface area contributed by atoms with Gasteiger partial charge >= 0.3 is 0 Å². The molecule has 1 heterocycles. The molecule has 0 saturated heterocycles. The van der Waals surface area contributed by atoms with Crippen molar-refractivity contribution in [1.29, 1.82) is 5.26 Å². The minimum Gasteiger partial charge on any atom is -0.383 e. The summed E-state index contributed by atoms with van der Waals surface area (Å²) in [6.45, 7) is 1.73. The van der Waals surface area contributed by atoms with Crippen LogP contribution in [0.1, 0.15) is 31.8 Å². The molecule has 0 aliphatic carbocycles. The first-order valence-corrected chi connectivity index (χ1v) is 8.35. The lowest BCUT2D eigenvalue weighted by Crippen LogP contribution is -2.39. The van der Waals surface area contributed by atoms with E-state index in [1.54, 1.807) is 48.4 Å². The van der Waals surface area contributed by atoms with Gasteiger partial charge in [-0.1, -0.05) is 0 Å². The van der Waals surface area contributed by atoms with Crippen molar-refractivity contribution < 1.29 is 14.3 Å². The number of hydrogen-bond donors (Lipinski definition) is 1.